The number of morpholine rings is 1. The fourth-order valence-corrected chi connectivity index (χ4v) is 3.52. The van der Waals surface area contributed by atoms with Gasteiger partial charge in [-0.25, -0.2) is 0 Å². The van der Waals surface area contributed by atoms with Crippen LogP contribution in [0.1, 0.15) is 16.1 Å². The Morgan fingerprint density at radius 3 is 2.55 bits per heavy atom. The molecule has 1 N–H and O–H groups in total. The van der Waals surface area contributed by atoms with Gasteiger partial charge >= 0.3 is 0 Å². The average Bonchev–Trinajstić information content (AvgIpc) is 3.27. The monoisotopic (exact) mass is 441 g/mol. The first kappa shape index (κ1) is 20.9. The van der Waals surface area contributed by atoms with Crippen molar-refractivity contribution in [1.82, 2.24) is 5.32 Å². The molecule has 0 atom stereocenters. The summed E-state index contributed by atoms with van der Waals surface area (Å²) in [4.78, 5) is 25.6. The predicted molar refractivity (Wildman–Crippen MR) is 116 cm³/mol. The number of halogens is 1. The van der Waals surface area contributed by atoms with Gasteiger partial charge in [0.15, 0.2) is 0 Å². The number of anilines is 1. The number of amides is 1. The van der Waals surface area contributed by atoms with Crippen LogP contribution in [-0.2, 0) is 11.3 Å². The van der Waals surface area contributed by atoms with Crippen molar-refractivity contribution in [3.05, 3.63) is 81.1 Å². The molecule has 1 fully saturated rings. The Bertz CT molecular complexity index is 1090. The number of benzene rings is 2. The molecule has 1 aromatic heterocycles. The minimum Gasteiger partial charge on any atom is -0.459 e. The number of hydrogen-bond donors (Lipinski definition) is 1. The molecule has 2 heterocycles. The molecule has 0 radical (unpaired) electrons. The standard InChI is InChI=1S/C22H20ClN3O5/c23-17-4-1-15(2-5-17)21-8-6-18(31-21)14-24-22(27)16-3-7-19(20(13-16)26(28)29)25-9-11-30-12-10-25/h1-8,13H,9-12,14H2,(H,24,27). The molecule has 0 bridgehead atoms. The van der Waals surface area contributed by atoms with E-state index in [0.29, 0.717) is 48.5 Å². The van der Waals surface area contributed by atoms with E-state index in [1.54, 1.807) is 30.3 Å². The third kappa shape index (κ3) is 4.87. The van der Waals surface area contributed by atoms with Crippen LogP contribution < -0.4 is 10.2 Å². The molecular formula is C22H20ClN3O5. The number of rotatable bonds is 6. The van der Waals surface area contributed by atoms with Crippen LogP contribution >= 0.6 is 11.6 Å². The van der Waals surface area contributed by atoms with Gasteiger partial charge in [0.1, 0.15) is 17.2 Å². The quantitative estimate of drug-likeness (QED) is 0.453. The van der Waals surface area contributed by atoms with Crippen LogP contribution in [0.2, 0.25) is 5.02 Å². The molecule has 160 valence electrons. The SMILES string of the molecule is O=C(NCc1ccc(-c2ccc(Cl)cc2)o1)c1ccc(N2CCOCC2)c([N+](=O)[O-])c1. The zero-order valence-electron chi connectivity index (χ0n) is 16.5. The first-order valence-electron chi connectivity index (χ1n) is 9.75. The van der Waals surface area contributed by atoms with Gasteiger partial charge in [-0.2, -0.15) is 0 Å². The van der Waals surface area contributed by atoms with Crippen molar-refractivity contribution in [1.29, 1.82) is 0 Å². The number of nitro benzene ring substituents is 1. The Morgan fingerprint density at radius 1 is 1.10 bits per heavy atom. The summed E-state index contributed by atoms with van der Waals surface area (Å²) >= 11 is 5.90. The third-order valence-corrected chi connectivity index (χ3v) is 5.25. The number of nitro groups is 1. The molecule has 8 nitrogen and oxygen atoms in total. The van der Waals surface area contributed by atoms with Crippen LogP contribution in [0.4, 0.5) is 11.4 Å². The first-order chi connectivity index (χ1) is 15.0. The lowest BCUT2D eigenvalue weighted by Gasteiger charge is -2.28. The minimum absolute atomic E-state index is 0.0995. The van der Waals surface area contributed by atoms with E-state index < -0.39 is 10.8 Å². The van der Waals surface area contributed by atoms with Crippen molar-refractivity contribution in [2.45, 2.75) is 6.54 Å². The summed E-state index contributed by atoms with van der Waals surface area (Å²) < 4.78 is 11.1. The summed E-state index contributed by atoms with van der Waals surface area (Å²) in [6.45, 7) is 2.33. The summed E-state index contributed by atoms with van der Waals surface area (Å²) in [5.74, 6) is 0.810. The number of furan rings is 1. The Hall–Kier alpha value is -3.36. The number of nitrogens with zero attached hydrogens (tertiary/aromatic N) is 2. The second kappa shape index (κ2) is 9.20. The lowest BCUT2D eigenvalue weighted by molar-refractivity contribution is -0.384. The number of hydrogen-bond acceptors (Lipinski definition) is 6. The van der Waals surface area contributed by atoms with Gasteiger partial charge in [-0.15, -0.1) is 0 Å². The van der Waals surface area contributed by atoms with E-state index in [4.69, 9.17) is 20.8 Å². The predicted octanol–water partition coefficient (Wildman–Crippen LogP) is 4.27. The van der Waals surface area contributed by atoms with Crippen molar-refractivity contribution in [3.63, 3.8) is 0 Å². The van der Waals surface area contributed by atoms with Gasteiger partial charge < -0.3 is 19.4 Å². The maximum absolute atomic E-state index is 12.6. The van der Waals surface area contributed by atoms with Crippen molar-refractivity contribution >= 4 is 28.9 Å². The van der Waals surface area contributed by atoms with Crippen LogP contribution in [0.25, 0.3) is 11.3 Å². The topological polar surface area (TPSA) is 97.9 Å². The van der Waals surface area contributed by atoms with Gasteiger partial charge in [-0.1, -0.05) is 11.6 Å². The highest BCUT2D eigenvalue weighted by atomic mass is 35.5. The first-order valence-corrected chi connectivity index (χ1v) is 10.1. The Morgan fingerprint density at radius 2 is 1.84 bits per heavy atom. The maximum atomic E-state index is 12.6. The zero-order valence-corrected chi connectivity index (χ0v) is 17.3. The molecule has 0 saturated carbocycles. The lowest BCUT2D eigenvalue weighted by atomic mass is 10.1. The van der Waals surface area contributed by atoms with E-state index in [9.17, 15) is 14.9 Å². The summed E-state index contributed by atoms with van der Waals surface area (Å²) in [7, 11) is 0. The fraction of sp³-hybridized carbons (Fsp3) is 0.227. The van der Waals surface area contributed by atoms with Gasteiger partial charge in [-0.05, 0) is 48.5 Å². The van der Waals surface area contributed by atoms with E-state index in [0.717, 1.165) is 5.56 Å². The second-order valence-corrected chi connectivity index (χ2v) is 7.45. The largest absolute Gasteiger partial charge is 0.459 e. The fourth-order valence-electron chi connectivity index (χ4n) is 3.39. The minimum atomic E-state index is -0.466. The second-order valence-electron chi connectivity index (χ2n) is 7.02. The number of carbonyl (C=O) groups is 1. The molecule has 1 saturated heterocycles. The highest BCUT2D eigenvalue weighted by molar-refractivity contribution is 6.30. The van der Waals surface area contributed by atoms with Gasteiger partial charge in [0.2, 0.25) is 0 Å². The summed E-state index contributed by atoms with van der Waals surface area (Å²) in [5.41, 5.74) is 1.48. The summed E-state index contributed by atoms with van der Waals surface area (Å²) in [6.07, 6.45) is 0. The molecule has 31 heavy (non-hydrogen) atoms. The van der Waals surface area contributed by atoms with Crippen LogP contribution in [0, 0.1) is 10.1 Å². The number of ether oxygens (including phenoxy) is 1. The molecule has 2 aromatic carbocycles. The van der Waals surface area contributed by atoms with Gasteiger partial charge in [0.25, 0.3) is 11.6 Å². The zero-order chi connectivity index (χ0) is 21.8. The molecule has 3 aromatic rings. The normalized spacial score (nSPS) is 13.8. The van der Waals surface area contributed by atoms with E-state index in [2.05, 4.69) is 5.32 Å². The van der Waals surface area contributed by atoms with E-state index in [1.807, 2.05) is 23.1 Å². The van der Waals surface area contributed by atoms with Gasteiger partial charge in [0, 0.05) is 35.3 Å². The summed E-state index contributed by atoms with van der Waals surface area (Å²) in [5, 5.41) is 14.9. The molecular weight excluding hydrogens is 422 g/mol. The van der Waals surface area contributed by atoms with Crippen molar-refractivity contribution < 1.29 is 18.9 Å². The Balaban J connectivity index is 1.44. The molecule has 1 aliphatic rings. The third-order valence-electron chi connectivity index (χ3n) is 5.00. The summed E-state index contributed by atoms with van der Waals surface area (Å²) in [6, 6.07) is 15.3. The van der Waals surface area contributed by atoms with Crippen LogP contribution in [-0.4, -0.2) is 37.1 Å². The van der Waals surface area contributed by atoms with Crippen LogP contribution in [0.3, 0.4) is 0 Å². The lowest BCUT2D eigenvalue weighted by Crippen LogP contribution is -2.36. The highest BCUT2D eigenvalue weighted by Crippen LogP contribution is 2.30. The Kier molecular flexibility index (Phi) is 6.20. The van der Waals surface area contributed by atoms with Crippen molar-refractivity contribution in [2.75, 3.05) is 31.2 Å². The molecule has 4 rings (SSSR count). The molecule has 0 spiro atoms. The van der Waals surface area contributed by atoms with Gasteiger partial charge in [0.05, 0.1) is 24.7 Å². The molecule has 0 aliphatic carbocycles. The van der Waals surface area contributed by atoms with E-state index >= 15 is 0 Å². The molecule has 1 amide bonds. The van der Waals surface area contributed by atoms with Crippen LogP contribution in [0.5, 0.6) is 0 Å². The molecule has 9 heteroatoms. The number of carbonyl (C=O) groups excluding carboxylic acids is 1. The van der Waals surface area contributed by atoms with E-state index in [1.165, 1.54) is 6.07 Å². The van der Waals surface area contributed by atoms with Crippen LogP contribution in [0.15, 0.2) is 59.0 Å². The average molecular weight is 442 g/mol. The van der Waals surface area contributed by atoms with E-state index in [-0.39, 0.29) is 17.8 Å². The van der Waals surface area contributed by atoms with Crippen molar-refractivity contribution in [2.24, 2.45) is 0 Å². The van der Waals surface area contributed by atoms with Crippen molar-refractivity contribution in [3.8, 4) is 11.3 Å². The molecule has 1 aliphatic heterocycles. The molecule has 0 unspecified atom stereocenters. The maximum Gasteiger partial charge on any atom is 0.293 e. The Labute approximate surface area is 183 Å². The number of nitrogens with one attached hydrogen (secondary N) is 1. The highest BCUT2D eigenvalue weighted by Gasteiger charge is 2.23. The van der Waals surface area contributed by atoms with Gasteiger partial charge in [-0.3, -0.25) is 14.9 Å². The smallest absolute Gasteiger partial charge is 0.293 e.